The topological polar surface area (TPSA) is 94.1 Å². The number of hydrogen-bond donors (Lipinski definition) is 2. The van der Waals surface area contributed by atoms with Crippen LogP contribution < -0.4 is 19.5 Å². The molecule has 0 fully saturated rings. The second kappa shape index (κ2) is 8.42. The van der Waals surface area contributed by atoms with Gasteiger partial charge in [0.25, 0.3) is 5.91 Å². The van der Waals surface area contributed by atoms with Crippen molar-refractivity contribution < 1.29 is 28.9 Å². The van der Waals surface area contributed by atoms with E-state index in [4.69, 9.17) is 19.3 Å². The van der Waals surface area contributed by atoms with Crippen molar-refractivity contribution in [3.05, 3.63) is 48.5 Å². The predicted octanol–water partition coefficient (Wildman–Crippen LogP) is 2.18. The van der Waals surface area contributed by atoms with E-state index in [0.717, 1.165) is 0 Å². The number of benzene rings is 2. The molecule has 0 spiro atoms. The van der Waals surface area contributed by atoms with Crippen molar-refractivity contribution in [3.8, 4) is 17.2 Å². The van der Waals surface area contributed by atoms with E-state index in [9.17, 15) is 9.59 Å². The van der Waals surface area contributed by atoms with Crippen LogP contribution in [-0.2, 0) is 9.59 Å². The van der Waals surface area contributed by atoms with Gasteiger partial charge in [0.1, 0.15) is 17.2 Å². The van der Waals surface area contributed by atoms with Crippen molar-refractivity contribution in [3.63, 3.8) is 0 Å². The maximum Gasteiger partial charge on any atom is 0.341 e. The minimum atomic E-state index is -1.05. The van der Waals surface area contributed by atoms with Gasteiger partial charge in [0.05, 0.1) is 7.11 Å². The molecule has 7 heteroatoms. The molecule has 2 rings (SSSR count). The normalized spacial score (nSPS) is 9.88. The molecular weight excluding hydrogens is 314 g/mol. The molecule has 0 bridgehead atoms. The maximum atomic E-state index is 11.8. The lowest BCUT2D eigenvalue weighted by Crippen LogP contribution is -2.20. The van der Waals surface area contributed by atoms with Gasteiger partial charge in [0, 0.05) is 5.69 Å². The fraction of sp³-hybridized carbons (Fsp3) is 0.176. The van der Waals surface area contributed by atoms with Gasteiger partial charge >= 0.3 is 5.97 Å². The van der Waals surface area contributed by atoms with Crippen LogP contribution in [0.4, 0.5) is 5.69 Å². The summed E-state index contributed by atoms with van der Waals surface area (Å²) in [4.78, 5) is 22.2. The summed E-state index contributed by atoms with van der Waals surface area (Å²) in [6, 6.07) is 13.3. The molecule has 1 amide bonds. The zero-order valence-electron chi connectivity index (χ0n) is 13.0. The van der Waals surface area contributed by atoms with E-state index < -0.39 is 12.6 Å². The summed E-state index contributed by atoms with van der Waals surface area (Å²) in [7, 11) is 1.57. The van der Waals surface area contributed by atoms with Gasteiger partial charge in [0.15, 0.2) is 13.2 Å². The van der Waals surface area contributed by atoms with Crippen molar-refractivity contribution in [2.45, 2.75) is 0 Å². The molecule has 7 nitrogen and oxygen atoms in total. The number of carbonyl (C=O) groups is 2. The lowest BCUT2D eigenvalue weighted by Gasteiger charge is -2.09. The van der Waals surface area contributed by atoms with Crippen LogP contribution in [0.15, 0.2) is 48.5 Å². The summed E-state index contributed by atoms with van der Waals surface area (Å²) in [5, 5.41) is 11.2. The Morgan fingerprint density at radius 1 is 0.875 bits per heavy atom. The molecule has 126 valence electrons. The molecule has 0 aliphatic heterocycles. The Bertz CT molecular complexity index is 681. The third-order valence-electron chi connectivity index (χ3n) is 2.93. The summed E-state index contributed by atoms with van der Waals surface area (Å²) >= 11 is 0. The molecule has 2 aromatic rings. The van der Waals surface area contributed by atoms with E-state index in [0.29, 0.717) is 22.9 Å². The first-order chi connectivity index (χ1) is 11.6. The molecule has 0 aliphatic rings. The molecule has 2 N–H and O–H groups in total. The van der Waals surface area contributed by atoms with E-state index in [1.807, 2.05) is 0 Å². The molecule has 0 aliphatic carbocycles. The quantitative estimate of drug-likeness (QED) is 0.770. The third-order valence-corrected chi connectivity index (χ3v) is 2.93. The molecule has 0 saturated heterocycles. The Labute approximate surface area is 138 Å². The number of amides is 1. The number of aliphatic carboxylic acids is 1. The Kier molecular flexibility index (Phi) is 6.01. The highest BCUT2D eigenvalue weighted by atomic mass is 16.5. The number of carboxylic acids is 1. The smallest absolute Gasteiger partial charge is 0.341 e. The van der Waals surface area contributed by atoms with Crippen molar-refractivity contribution in [2.75, 3.05) is 25.6 Å². The van der Waals surface area contributed by atoms with Gasteiger partial charge in [-0.25, -0.2) is 4.79 Å². The van der Waals surface area contributed by atoms with Gasteiger partial charge in [-0.1, -0.05) is 0 Å². The zero-order valence-corrected chi connectivity index (χ0v) is 13.0. The second-order valence-electron chi connectivity index (χ2n) is 4.72. The van der Waals surface area contributed by atoms with Crippen LogP contribution in [0.3, 0.4) is 0 Å². The van der Waals surface area contributed by atoms with Crippen molar-refractivity contribution in [1.82, 2.24) is 0 Å². The fourth-order valence-corrected chi connectivity index (χ4v) is 1.80. The minimum absolute atomic E-state index is 0.135. The summed E-state index contributed by atoms with van der Waals surface area (Å²) in [5.74, 6) is 0.304. The SMILES string of the molecule is COc1ccc(OCC(=O)Nc2ccc(OCC(=O)O)cc2)cc1. The van der Waals surface area contributed by atoms with E-state index in [2.05, 4.69) is 5.32 Å². The zero-order chi connectivity index (χ0) is 17.4. The number of nitrogens with one attached hydrogen (secondary N) is 1. The van der Waals surface area contributed by atoms with Crippen LogP contribution >= 0.6 is 0 Å². The highest BCUT2D eigenvalue weighted by Gasteiger charge is 2.05. The number of anilines is 1. The number of ether oxygens (including phenoxy) is 3. The Balaban J connectivity index is 1.79. The third kappa shape index (κ3) is 5.53. The average Bonchev–Trinajstić information content (AvgIpc) is 2.60. The molecule has 0 aromatic heterocycles. The van der Waals surface area contributed by atoms with Gasteiger partial charge in [-0.2, -0.15) is 0 Å². The van der Waals surface area contributed by atoms with Crippen molar-refractivity contribution in [2.24, 2.45) is 0 Å². The number of carboxylic acid groups (broad SMARTS) is 1. The van der Waals surface area contributed by atoms with Gasteiger partial charge in [-0.15, -0.1) is 0 Å². The molecule has 0 radical (unpaired) electrons. The van der Waals surface area contributed by atoms with Gasteiger partial charge in [-0.3, -0.25) is 4.79 Å². The van der Waals surface area contributed by atoms with E-state index in [-0.39, 0.29) is 12.5 Å². The largest absolute Gasteiger partial charge is 0.497 e. The summed E-state index contributed by atoms with van der Waals surface area (Å²) < 4.78 is 15.4. The van der Waals surface area contributed by atoms with E-state index in [1.54, 1.807) is 55.6 Å². The molecule has 2 aromatic carbocycles. The van der Waals surface area contributed by atoms with Crippen LogP contribution in [0.2, 0.25) is 0 Å². The number of methoxy groups -OCH3 is 1. The molecular formula is C17H17NO6. The lowest BCUT2D eigenvalue weighted by atomic mass is 10.3. The Morgan fingerprint density at radius 3 is 1.92 bits per heavy atom. The number of carbonyl (C=O) groups excluding carboxylic acids is 1. The number of rotatable bonds is 8. The summed E-state index contributed by atoms with van der Waals surface area (Å²) in [5.41, 5.74) is 0.556. The van der Waals surface area contributed by atoms with Gasteiger partial charge in [-0.05, 0) is 48.5 Å². The Morgan fingerprint density at radius 2 is 1.38 bits per heavy atom. The first kappa shape index (κ1) is 17.1. The van der Waals surface area contributed by atoms with Crippen LogP contribution in [-0.4, -0.2) is 37.3 Å². The standard InChI is InChI=1S/C17H17NO6/c1-22-13-6-8-15(9-7-13)23-10-16(19)18-12-2-4-14(5-3-12)24-11-17(20)21/h2-9H,10-11H2,1H3,(H,18,19)(H,20,21). The van der Waals surface area contributed by atoms with Crippen molar-refractivity contribution in [1.29, 1.82) is 0 Å². The highest BCUT2D eigenvalue weighted by molar-refractivity contribution is 5.91. The van der Waals surface area contributed by atoms with Crippen LogP contribution in [0.1, 0.15) is 0 Å². The fourth-order valence-electron chi connectivity index (χ4n) is 1.80. The lowest BCUT2D eigenvalue weighted by molar-refractivity contribution is -0.139. The maximum absolute atomic E-state index is 11.8. The van der Waals surface area contributed by atoms with Crippen LogP contribution in [0.5, 0.6) is 17.2 Å². The summed E-state index contributed by atoms with van der Waals surface area (Å²) in [6.07, 6.45) is 0. The molecule has 0 heterocycles. The van der Waals surface area contributed by atoms with E-state index in [1.165, 1.54) is 0 Å². The molecule has 0 atom stereocenters. The van der Waals surface area contributed by atoms with Crippen LogP contribution in [0, 0.1) is 0 Å². The average molecular weight is 331 g/mol. The first-order valence-electron chi connectivity index (χ1n) is 7.08. The van der Waals surface area contributed by atoms with Gasteiger partial charge in [0.2, 0.25) is 0 Å². The molecule has 24 heavy (non-hydrogen) atoms. The molecule has 0 saturated carbocycles. The number of hydrogen-bond acceptors (Lipinski definition) is 5. The Hall–Kier alpha value is -3.22. The highest BCUT2D eigenvalue weighted by Crippen LogP contribution is 2.18. The molecule has 0 unspecified atom stereocenters. The van der Waals surface area contributed by atoms with Crippen molar-refractivity contribution >= 4 is 17.6 Å². The minimum Gasteiger partial charge on any atom is -0.497 e. The van der Waals surface area contributed by atoms with Gasteiger partial charge < -0.3 is 24.6 Å². The monoisotopic (exact) mass is 331 g/mol. The summed E-state index contributed by atoms with van der Waals surface area (Å²) in [6.45, 7) is -0.551. The van der Waals surface area contributed by atoms with Crippen LogP contribution in [0.25, 0.3) is 0 Å². The first-order valence-corrected chi connectivity index (χ1v) is 7.08. The van der Waals surface area contributed by atoms with E-state index >= 15 is 0 Å². The predicted molar refractivity (Wildman–Crippen MR) is 86.7 cm³/mol. The second-order valence-corrected chi connectivity index (χ2v) is 4.72.